The lowest BCUT2D eigenvalue weighted by molar-refractivity contribution is -0.117. The fourth-order valence-corrected chi connectivity index (χ4v) is 5.16. The van der Waals surface area contributed by atoms with Gasteiger partial charge in [0.15, 0.2) is 5.13 Å². The molecule has 2 fully saturated rings. The molecule has 2 aliphatic carbocycles. The highest BCUT2D eigenvalue weighted by molar-refractivity contribution is 7.14. The lowest BCUT2D eigenvalue weighted by Gasteiger charge is -2.20. The fourth-order valence-electron chi connectivity index (χ4n) is 4.43. The van der Waals surface area contributed by atoms with Gasteiger partial charge >= 0.3 is 0 Å². The largest absolute Gasteiger partial charge is 0.326 e. The van der Waals surface area contributed by atoms with Crippen molar-refractivity contribution in [2.24, 2.45) is 17.8 Å². The normalized spacial score (nSPS) is 23.8. The molecule has 2 bridgehead atoms. The minimum atomic E-state index is -0.0908. The van der Waals surface area contributed by atoms with E-state index in [1.165, 1.54) is 43.9 Å². The lowest BCUT2D eigenvalue weighted by atomic mass is 9.86. The van der Waals surface area contributed by atoms with Crippen molar-refractivity contribution in [2.45, 2.75) is 39.0 Å². The molecule has 2 aromatic rings. The van der Waals surface area contributed by atoms with E-state index >= 15 is 0 Å². The summed E-state index contributed by atoms with van der Waals surface area (Å²) in [6.07, 6.45) is 5.84. The van der Waals surface area contributed by atoms with Gasteiger partial charge in [-0.2, -0.15) is 0 Å². The average Bonchev–Trinajstić information content (AvgIpc) is 3.32. The first-order valence-corrected chi connectivity index (χ1v) is 10.1. The Kier molecular flexibility index (Phi) is 4.76. The molecule has 0 spiro atoms. The number of aromatic nitrogens is 1. The molecule has 0 unspecified atom stereocenters. The molecule has 2 saturated carbocycles. The van der Waals surface area contributed by atoms with Gasteiger partial charge in [-0.05, 0) is 49.1 Å². The minimum Gasteiger partial charge on any atom is -0.326 e. The van der Waals surface area contributed by atoms with Crippen LogP contribution in [0.15, 0.2) is 29.6 Å². The third-order valence-corrected chi connectivity index (χ3v) is 6.34. The van der Waals surface area contributed by atoms with Crippen molar-refractivity contribution in [1.82, 2.24) is 4.98 Å². The molecule has 4 rings (SSSR count). The summed E-state index contributed by atoms with van der Waals surface area (Å²) >= 11 is 1.45. The third kappa shape index (κ3) is 3.80. The van der Waals surface area contributed by atoms with Crippen LogP contribution in [0.2, 0.25) is 0 Å². The first-order chi connectivity index (χ1) is 12.6. The highest BCUT2D eigenvalue weighted by Crippen LogP contribution is 2.49. The van der Waals surface area contributed by atoms with Crippen LogP contribution in [-0.4, -0.2) is 16.8 Å². The number of amides is 2. The summed E-state index contributed by atoms with van der Waals surface area (Å²) in [5.41, 5.74) is 2.56. The summed E-state index contributed by atoms with van der Waals surface area (Å²) in [5, 5.41) is 8.31. The summed E-state index contributed by atoms with van der Waals surface area (Å²) in [4.78, 5) is 28.0. The van der Waals surface area contributed by atoms with Gasteiger partial charge < -0.3 is 10.6 Å². The molecule has 2 N–H and O–H groups in total. The number of nitrogens with one attached hydrogen (secondary N) is 2. The monoisotopic (exact) mass is 369 g/mol. The van der Waals surface area contributed by atoms with Gasteiger partial charge in [-0.25, -0.2) is 4.98 Å². The van der Waals surface area contributed by atoms with Gasteiger partial charge in [0.2, 0.25) is 11.8 Å². The smallest absolute Gasteiger partial charge is 0.226 e. The number of nitrogens with zero attached hydrogens (tertiary/aromatic N) is 1. The highest BCUT2D eigenvalue weighted by Gasteiger charge is 2.40. The van der Waals surface area contributed by atoms with Crippen molar-refractivity contribution in [3.8, 4) is 11.3 Å². The van der Waals surface area contributed by atoms with Crippen LogP contribution in [0.1, 0.15) is 39.0 Å². The molecule has 0 saturated heterocycles. The van der Waals surface area contributed by atoms with E-state index in [-0.39, 0.29) is 11.8 Å². The molecule has 1 heterocycles. The molecule has 136 valence electrons. The second-order valence-corrected chi connectivity index (χ2v) is 8.34. The SMILES string of the molecule is CC(=O)Nc1ccc(-c2csc(NC(=O)C[C@@H]3C[C@@H]4CC[C@H]3C4)n2)cc1. The van der Waals surface area contributed by atoms with Crippen LogP contribution in [0.5, 0.6) is 0 Å². The molecule has 3 atom stereocenters. The summed E-state index contributed by atoms with van der Waals surface area (Å²) in [7, 11) is 0. The predicted octanol–water partition coefficient (Wildman–Crippen LogP) is 4.53. The van der Waals surface area contributed by atoms with Crippen molar-refractivity contribution in [1.29, 1.82) is 0 Å². The van der Waals surface area contributed by atoms with Gasteiger partial charge in [0, 0.05) is 30.0 Å². The van der Waals surface area contributed by atoms with Crippen LogP contribution in [0.4, 0.5) is 10.8 Å². The summed E-state index contributed by atoms with van der Waals surface area (Å²) in [6, 6.07) is 7.54. The Morgan fingerprint density at radius 2 is 1.96 bits per heavy atom. The second kappa shape index (κ2) is 7.19. The van der Waals surface area contributed by atoms with Crippen molar-refractivity contribution >= 4 is 34.0 Å². The average molecular weight is 369 g/mol. The Morgan fingerprint density at radius 3 is 2.62 bits per heavy atom. The standard InChI is InChI=1S/C20H23N3O2S/c1-12(24)21-17-6-4-14(5-7-17)18-11-26-20(22-18)23-19(25)10-16-9-13-2-3-15(16)8-13/h4-7,11,13,15-16H,2-3,8-10H2,1H3,(H,21,24)(H,22,23,25)/t13-,15+,16+/m1/s1. The molecule has 1 aromatic carbocycles. The van der Waals surface area contributed by atoms with E-state index in [1.54, 1.807) is 0 Å². The number of hydrogen-bond donors (Lipinski definition) is 2. The van der Waals surface area contributed by atoms with E-state index < -0.39 is 0 Å². The van der Waals surface area contributed by atoms with E-state index in [0.29, 0.717) is 17.5 Å². The third-order valence-electron chi connectivity index (χ3n) is 5.58. The zero-order valence-corrected chi connectivity index (χ0v) is 15.6. The van der Waals surface area contributed by atoms with Crippen LogP contribution < -0.4 is 10.6 Å². The maximum atomic E-state index is 12.4. The molecule has 6 heteroatoms. The predicted molar refractivity (Wildman–Crippen MR) is 104 cm³/mol. The molecule has 0 radical (unpaired) electrons. The maximum absolute atomic E-state index is 12.4. The highest BCUT2D eigenvalue weighted by atomic mass is 32.1. The van der Waals surface area contributed by atoms with Crippen molar-refractivity contribution in [2.75, 3.05) is 10.6 Å². The topological polar surface area (TPSA) is 71.1 Å². The minimum absolute atomic E-state index is 0.0875. The molecule has 0 aliphatic heterocycles. The zero-order valence-electron chi connectivity index (χ0n) is 14.8. The van der Waals surface area contributed by atoms with E-state index in [9.17, 15) is 9.59 Å². The van der Waals surface area contributed by atoms with Crippen molar-refractivity contribution < 1.29 is 9.59 Å². The van der Waals surface area contributed by atoms with Crippen LogP contribution >= 0.6 is 11.3 Å². The molecular formula is C20H23N3O2S. The van der Waals surface area contributed by atoms with Gasteiger partial charge in [-0.15, -0.1) is 11.3 Å². The Morgan fingerprint density at radius 1 is 1.15 bits per heavy atom. The number of benzene rings is 1. The van der Waals surface area contributed by atoms with Gasteiger partial charge in [0.1, 0.15) is 0 Å². The van der Waals surface area contributed by atoms with Crippen LogP contribution in [0, 0.1) is 17.8 Å². The van der Waals surface area contributed by atoms with Gasteiger partial charge in [-0.1, -0.05) is 18.6 Å². The molecule has 2 amide bonds. The summed E-state index contributed by atoms with van der Waals surface area (Å²) < 4.78 is 0. The summed E-state index contributed by atoms with van der Waals surface area (Å²) in [5.74, 6) is 2.19. The first-order valence-electron chi connectivity index (χ1n) is 9.20. The van der Waals surface area contributed by atoms with Crippen molar-refractivity contribution in [3.63, 3.8) is 0 Å². The Balaban J connectivity index is 1.35. The van der Waals surface area contributed by atoms with Crippen LogP contribution in [0.3, 0.4) is 0 Å². The quantitative estimate of drug-likeness (QED) is 0.813. The Hall–Kier alpha value is -2.21. The number of fused-ring (bicyclic) bond motifs is 2. The molecule has 5 nitrogen and oxygen atoms in total. The Bertz CT molecular complexity index is 815. The number of carbonyl (C=O) groups is 2. The van der Waals surface area contributed by atoms with Gasteiger partial charge in [-0.3, -0.25) is 9.59 Å². The number of hydrogen-bond acceptors (Lipinski definition) is 4. The van der Waals surface area contributed by atoms with Gasteiger partial charge in [0.25, 0.3) is 0 Å². The second-order valence-electron chi connectivity index (χ2n) is 7.48. The van der Waals surface area contributed by atoms with E-state index in [0.717, 1.165) is 28.8 Å². The Labute approximate surface area is 157 Å². The van der Waals surface area contributed by atoms with E-state index in [1.807, 2.05) is 29.6 Å². The number of rotatable bonds is 5. The number of thiazole rings is 1. The van der Waals surface area contributed by atoms with E-state index in [4.69, 9.17) is 0 Å². The van der Waals surface area contributed by atoms with Crippen LogP contribution in [-0.2, 0) is 9.59 Å². The number of anilines is 2. The molecular weight excluding hydrogens is 346 g/mol. The van der Waals surface area contributed by atoms with E-state index in [2.05, 4.69) is 15.6 Å². The lowest BCUT2D eigenvalue weighted by Crippen LogP contribution is -2.20. The molecule has 2 aliphatic rings. The summed E-state index contributed by atoms with van der Waals surface area (Å²) in [6.45, 7) is 1.49. The zero-order chi connectivity index (χ0) is 18.1. The van der Waals surface area contributed by atoms with Gasteiger partial charge in [0.05, 0.1) is 5.69 Å². The fraction of sp³-hybridized carbons (Fsp3) is 0.450. The first kappa shape index (κ1) is 17.2. The van der Waals surface area contributed by atoms with Crippen LogP contribution in [0.25, 0.3) is 11.3 Å². The van der Waals surface area contributed by atoms with Crippen molar-refractivity contribution in [3.05, 3.63) is 29.6 Å². The maximum Gasteiger partial charge on any atom is 0.226 e. The molecule has 26 heavy (non-hydrogen) atoms. The molecule has 1 aromatic heterocycles. The number of carbonyl (C=O) groups excluding carboxylic acids is 2.